The lowest BCUT2D eigenvalue weighted by Crippen LogP contribution is -2.30. The molecule has 0 aliphatic heterocycles. The summed E-state index contributed by atoms with van der Waals surface area (Å²) in [4.78, 5) is 22.9. The van der Waals surface area contributed by atoms with Gasteiger partial charge in [0.15, 0.2) is 11.2 Å². The molecule has 0 saturated carbocycles. The van der Waals surface area contributed by atoms with Crippen molar-refractivity contribution in [1.82, 2.24) is 5.43 Å². The molecule has 2 rings (SSSR count). The van der Waals surface area contributed by atoms with Crippen molar-refractivity contribution < 1.29 is 9.21 Å². The van der Waals surface area contributed by atoms with Gasteiger partial charge < -0.3 is 4.42 Å². The second kappa shape index (κ2) is 4.22. The van der Waals surface area contributed by atoms with E-state index in [1.807, 2.05) is 5.43 Å². The zero-order chi connectivity index (χ0) is 11.7. The number of halogens is 1. The molecule has 3 N–H and O–H groups in total. The molecule has 0 atom stereocenters. The van der Waals surface area contributed by atoms with Gasteiger partial charge in [-0.3, -0.25) is 15.0 Å². The Morgan fingerprint density at radius 1 is 1.38 bits per heavy atom. The lowest BCUT2D eigenvalue weighted by atomic mass is 10.2. The van der Waals surface area contributed by atoms with E-state index in [0.717, 1.165) is 9.64 Å². The second-order valence-electron chi connectivity index (χ2n) is 3.09. The molecule has 1 heterocycles. The van der Waals surface area contributed by atoms with Crippen molar-refractivity contribution >= 4 is 39.5 Å². The second-order valence-corrected chi connectivity index (χ2v) is 4.33. The molecule has 0 aliphatic rings. The Hall–Kier alpha value is -1.41. The number of benzene rings is 1. The molecule has 6 heteroatoms. The van der Waals surface area contributed by atoms with E-state index in [9.17, 15) is 9.59 Å². The van der Waals surface area contributed by atoms with Crippen molar-refractivity contribution in [1.29, 1.82) is 0 Å². The summed E-state index contributed by atoms with van der Waals surface area (Å²) in [6.07, 6.45) is 0. The number of fused-ring (bicyclic) bond motifs is 1. The number of nitrogens with one attached hydrogen (secondary N) is 1. The highest BCUT2D eigenvalue weighted by molar-refractivity contribution is 14.1. The van der Waals surface area contributed by atoms with Crippen LogP contribution in [0.2, 0.25) is 0 Å². The van der Waals surface area contributed by atoms with Gasteiger partial charge in [-0.2, -0.15) is 0 Å². The summed E-state index contributed by atoms with van der Waals surface area (Å²) in [5.41, 5.74) is 2.01. The van der Waals surface area contributed by atoms with Gasteiger partial charge in [0, 0.05) is 9.64 Å². The van der Waals surface area contributed by atoms with Gasteiger partial charge >= 0.3 is 5.91 Å². The Morgan fingerprint density at radius 2 is 2.12 bits per heavy atom. The maximum absolute atomic E-state index is 11.7. The minimum Gasteiger partial charge on any atom is -0.451 e. The number of amides is 1. The Kier molecular flexibility index (Phi) is 2.92. The van der Waals surface area contributed by atoms with Crippen LogP contribution in [0.4, 0.5) is 0 Å². The van der Waals surface area contributed by atoms with Gasteiger partial charge in [0.05, 0.1) is 5.39 Å². The first-order valence-electron chi connectivity index (χ1n) is 4.36. The normalized spacial score (nSPS) is 10.4. The van der Waals surface area contributed by atoms with Crippen LogP contribution in [-0.2, 0) is 0 Å². The van der Waals surface area contributed by atoms with Crippen LogP contribution in [0, 0.1) is 3.57 Å². The van der Waals surface area contributed by atoms with Crippen LogP contribution in [0.3, 0.4) is 0 Å². The van der Waals surface area contributed by atoms with Gasteiger partial charge in [-0.05, 0) is 40.8 Å². The standard InChI is InChI=1S/C10H7IN2O3/c11-5-1-2-8-6(3-5)7(14)4-9(16-8)10(15)13-12/h1-4H,12H2,(H,13,15). The van der Waals surface area contributed by atoms with Crippen molar-refractivity contribution in [3.63, 3.8) is 0 Å². The fraction of sp³-hybridized carbons (Fsp3) is 0. The minimum atomic E-state index is -0.627. The van der Waals surface area contributed by atoms with E-state index in [-0.39, 0.29) is 11.2 Å². The van der Waals surface area contributed by atoms with Crippen LogP contribution in [0.25, 0.3) is 11.0 Å². The summed E-state index contributed by atoms with van der Waals surface area (Å²) < 4.78 is 6.18. The molecule has 82 valence electrons. The van der Waals surface area contributed by atoms with E-state index in [4.69, 9.17) is 10.3 Å². The third kappa shape index (κ3) is 1.93. The molecule has 0 fully saturated rings. The van der Waals surface area contributed by atoms with E-state index >= 15 is 0 Å². The van der Waals surface area contributed by atoms with Crippen LogP contribution >= 0.6 is 22.6 Å². The highest BCUT2D eigenvalue weighted by atomic mass is 127. The van der Waals surface area contributed by atoms with Gasteiger partial charge in [-0.1, -0.05) is 0 Å². The topological polar surface area (TPSA) is 85.3 Å². The number of rotatable bonds is 1. The fourth-order valence-electron chi connectivity index (χ4n) is 1.31. The predicted molar refractivity (Wildman–Crippen MR) is 66.9 cm³/mol. The van der Waals surface area contributed by atoms with Gasteiger partial charge in [0.1, 0.15) is 5.58 Å². The molecule has 0 bridgehead atoms. The Balaban J connectivity index is 2.73. The molecule has 0 aliphatic carbocycles. The Bertz CT molecular complexity index is 621. The highest BCUT2D eigenvalue weighted by Gasteiger charge is 2.10. The van der Waals surface area contributed by atoms with Crippen LogP contribution in [0.15, 0.2) is 33.5 Å². The molecule has 0 radical (unpaired) electrons. The number of hydrazine groups is 1. The van der Waals surface area contributed by atoms with E-state index < -0.39 is 5.91 Å². The summed E-state index contributed by atoms with van der Waals surface area (Å²) in [5, 5.41) is 0.445. The largest absolute Gasteiger partial charge is 0.451 e. The van der Waals surface area contributed by atoms with E-state index in [1.54, 1.807) is 18.2 Å². The van der Waals surface area contributed by atoms with Crippen LogP contribution in [0.5, 0.6) is 0 Å². The van der Waals surface area contributed by atoms with Crippen LogP contribution in [-0.4, -0.2) is 5.91 Å². The van der Waals surface area contributed by atoms with Crippen molar-refractivity contribution in [2.45, 2.75) is 0 Å². The van der Waals surface area contributed by atoms with E-state index in [0.29, 0.717) is 11.0 Å². The van der Waals surface area contributed by atoms with Crippen molar-refractivity contribution in [2.24, 2.45) is 5.84 Å². The number of carbonyl (C=O) groups excluding carboxylic acids is 1. The Labute approximate surface area is 104 Å². The zero-order valence-corrected chi connectivity index (χ0v) is 10.1. The highest BCUT2D eigenvalue weighted by Crippen LogP contribution is 2.15. The molecule has 1 aromatic carbocycles. The van der Waals surface area contributed by atoms with Crippen molar-refractivity contribution in [3.8, 4) is 0 Å². The Morgan fingerprint density at radius 3 is 2.81 bits per heavy atom. The number of hydrogen-bond acceptors (Lipinski definition) is 4. The monoisotopic (exact) mass is 330 g/mol. The summed E-state index contributed by atoms with van der Waals surface area (Å²) in [6, 6.07) is 6.26. The zero-order valence-electron chi connectivity index (χ0n) is 7.99. The van der Waals surface area contributed by atoms with E-state index in [2.05, 4.69) is 22.6 Å². The quantitative estimate of drug-likeness (QED) is 0.354. The molecule has 0 unspecified atom stereocenters. The third-order valence-corrected chi connectivity index (χ3v) is 2.72. The molecule has 5 nitrogen and oxygen atoms in total. The first-order chi connectivity index (χ1) is 7.61. The minimum absolute atomic E-state index is 0.0961. The smallest absolute Gasteiger partial charge is 0.301 e. The maximum atomic E-state index is 11.7. The maximum Gasteiger partial charge on any atom is 0.301 e. The van der Waals surface area contributed by atoms with Gasteiger partial charge in [0.25, 0.3) is 0 Å². The average Bonchev–Trinajstić information content (AvgIpc) is 2.28. The third-order valence-electron chi connectivity index (χ3n) is 2.04. The number of hydrogen-bond donors (Lipinski definition) is 2. The molecular weight excluding hydrogens is 323 g/mol. The molecule has 0 saturated heterocycles. The van der Waals surface area contributed by atoms with Crippen molar-refractivity contribution in [2.75, 3.05) is 0 Å². The number of nitrogen functional groups attached to an aromatic ring is 1. The first kappa shape index (κ1) is 11.1. The molecule has 1 amide bonds. The van der Waals surface area contributed by atoms with Gasteiger partial charge in [0.2, 0.25) is 0 Å². The lowest BCUT2D eigenvalue weighted by Gasteiger charge is -2.01. The van der Waals surface area contributed by atoms with Gasteiger partial charge in [-0.25, -0.2) is 5.84 Å². The number of carbonyl (C=O) groups is 1. The molecule has 0 spiro atoms. The van der Waals surface area contributed by atoms with Crippen LogP contribution < -0.4 is 16.7 Å². The fourth-order valence-corrected chi connectivity index (χ4v) is 1.80. The summed E-state index contributed by atoms with van der Waals surface area (Å²) in [5.74, 6) is 4.24. The van der Waals surface area contributed by atoms with Crippen LogP contribution in [0.1, 0.15) is 10.6 Å². The SMILES string of the molecule is NNC(=O)c1cc(=O)c2cc(I)ccc2o1. The molecule has 1 aromatic heterocycles. The summed E-state index contributed by atoms with van der Waals surface area (Å²) in [7, 11) is 0. The molecule has 2 aromatic rings. The molecule has 16 heavy (non-hydrogen) atoms. The number of nitrogens with two attached hydrogens (primary N) is 1. The first-order valence-corrected chi connectivity index (χ1v) is 5.44. The van der Waals surface area contributed by atoms with E-state index in [1.165, 1.54) is 0 Å². The van der Waals surface area contributed by atoms with Gasteiger partial charge in [-0.15, -0.1) is 0 Å². The van der Waals surface area contributed by atoms with Crippen molar-refractivity contribution in [3.05, 3.63) is 43.8 Å². The summed E-state index contributed by atoms with van der Waals surface area (Å²) in [6.45, 7) is 0. The predicted octanol–water partition coefficient (Wildman–Crippen LogP) is 1.00. The molecular formula is C10H7IN2O3. The average molecular weight is 330 g/mol. The lowest BCUT2D eigenvalue weighted by molar-refractivity contribution is 0.0926. The summed E-state index contributed by atoms with van der Waals surface area (Å²) >= 11 is 2.09.